The van der Waals surface area contributed by atoms with Crippen molar-refractivity contribution in [2.24, 2.45) is 17.8 Å². The maximum Gasteiger partial charge on any atom is 0.255 e. The van der Waals surface area contributed by atoms with Gasteiger partial charge in [0, 0.05) is 35.9 Å². The quantitative estimate of drug-likeness (QED) is 0.689. The van der Waals surface area contributed by atoms with E-state index in [0.29, 0.717) is 36.3 Å². The van der Waals surface area contributed by atoms with Crippen LogP contribution >= 0.6 is 0 Å². The van der Waals surface area contributed by atoms with Gasteiger partial charge in [-0.05, 0) is 67.5 Å². The number of hydrogen-bond acceptors (Lipinski definition) is 4. The molecule has 170 valence electrons. The lowest BCUT2D eigenvalue weighted by Gasteiger charge is -2.34. The molecule has 2 fully saturated rings. The van der Waals surface area contributed by atoms with Gasteiger partial charge in [-0.1, -0.05) is 26.0 Å². The van der Waals surface area contributed by atoms with Gasteiger partial charge < -0.3 is 10.6 Å². The van der Waals surface area contributed by atoms with Crippen LogP contribution in [0.15, 0.2) is 53.4 Å². The third-order valence-corrected chi connectivity index (χ3v) is 7.73. The van der Waals surface area contributed by atoms with Crippen LogP contribution in [0, 0.1) is 17.8 Å². The van der Waals surface area contributed by atoms with Gasteiger partial charge in [0.2, 0.25) is 15.9 Å². The van der Waals surface area contributed by atoms with E-state index in [-0.39, 0.29) is 22.3 Å². The molecule has 0 spiro atoms. The maximum absolute atomic E-state index is 13.2. The predicted molar refractivity (Wildman–Crippen MR) is 124 cm³/mol. The van der Waals surface area contributed by atoms with Crippen LogP contribution in [-0.2, 0) is 14.8 Å². The van der Waals surface area contributed by atoms with E-state index < -0.39 is 15.9 Å². The second-order valence-electron chi connectivity index (χ2n) is 9.09. The fourth-order valence-electron chi connectivity index (χ4n) is 4.22. The van der Waals surface area contributed by atoms with Crippen LogP contribution in [0.4, 0.5) is 11.4 Å². The Kier molecular flexibility index (Phi) is 6.35. The van der Waals surface area contributed by atoms with Gasteiger partial charge >= 0.3 is 0 Å². The molecule has 0 radical (unpaired) electrons. The summed E-state index contributed by atoms with van der Waals surface area (Å²) in [5.74, 6) is 0.269. The highest BCUT2D eigenvalue weighted by Gasteiger charge is 2.32. The summed E-state index contributed by atoms with van der Waals surface area (Å²) in [5, 5.41) is 5.64. The molecule has 32 heavy (non-hydrogen) atoms. The highest BCUT2D eigenvalue weighted by Crippen LogP contribution is 2.30. The van der Waals surface area contributed by atoms with Crippen LogP contribution in [0.5, 0.6) is 0 Å². The molecule has 8 heteroatoms. The van der Waals surface area contributed by atoms with E-state index in [1.54, 1.807) is 36.4 Å². The van der Waals surface area contributed by atoms with E-state index in [9.17, 15) is 18.0 Å². The zero-order valence-corrected chi connectivity index (χ0v) is 19.2. The average molecular weight is 456 g/mol. The molecule has 2 atom stereocenters. The van der Waals surface area contributed by atoms with E-state index in [1.165, 1.54) is 16.4 Å². The highest BCUT2D eigenvalue weighted by atomic mass is 32.2. The minimum Gasteiger partial charge on any atom is -0.326 e. The summed E-state index contributed by atoms with van der Waals surface area (Å²) in [5.41, 5.74) is 1.40. The van der Waals surface area contributed by atoms with E-state index in [0.717, 1.165) is 19.3 Å². The summed E-state index contributed by atoms with van der Waals surface area (Å²) >= 11 is 0. The summed E-state index contributed by atoms with van der Waals surface area (Å²) < 4.78 is 27.9. The minimum atomic E-state index is -3.67. The number of hydrogen-bond donors (Lipinski definition) is 2. The van der Waals surface area contributed by atoms with Gasteiger partial charge in [0.1, 0.15) is 0 Å². The van der Waals surface area contributed by atoms with E-state index in [2.05, 4.69) is 24.5 Å². The highest BCUT2D eigenvalue weighted by molar-refractivity contribution is 7.89. The number of nitrogens with one attached hydrogen (secondary N) is 2. The topological polar surface area (TPSA) is 95.6 Å². The van der Waals surface area contributed by atoms with E-state index >= 15 is 0 Å². The molecule has 1 saturated carbocycles. The van der Waals surface area contributed by atoms with Crippen molar-refractivity contribution in [2.75, 3.05) is 23.7 Å². The molecule has 2 aromatic rings. The number of rotatable bonds is 6. The predicted octanol–water partition coefficient (Wildman–Crippen LogP) is 3.95. The molecule has 1 saturated heterocycles. The van der Waals surface area contributed by atoms with Gasteiger partial charge in [0.15, 0.2) is 0 Å². The van der Waals surface area contributed by atoms with Crippen molar-refractivity contribution in [3.63, 3.8) is 0 Å². The molecular weight excluding hydrogens is 426 g/mol. The second kappa shape index (κ2) is 9.03. The van der Waals surface area contributed by atoms with Crippen molar-refractivity contribution in [1.29, 1.82) is 0 Å². The van der Waals surface area contributed by atoms with Crippen molar-refractivity contribution in [1.82, 2.24) is 4.31 Å². The number of carbonyl (C=O) groups is 2. The van der Waals surface area contributed by atoms with Gasteiger partial charge in [-0.2, -0.15) is 4.31 Å². The van der Waals surface area contributed by atoms with Crippen LogP contribution < -0.4 is 10.6 Å². The van der Waals surface area contributed by atoms with Gasteiger partial charge in [-0.25, -0.2) is 8.42 Å². The smallest absolute Gasteiger partial charge is 0.255 e. The average Bonchev–Trinajstić information content (AvgIpc) is 3.59. The molecule has 2 aromatic carbocycles. The van der Waals surface area contributed by atoms with Crippen LogP contribution in [0.3, 0.4) is 0 Å². The first-order valence-corrected chi connectivity index (χ1v) is 12.5. The zero-order valence-electron chi connectivity index (χ0n) is 18.4. The monoisotopic (exact) mass is 455 g/mol. The van der Waals surface area contributed by atoms with Crippen LogP contribution in [0.25, 0.3) is 0 Å². The lowest BCUT2D eigenvalue weighted by Crippen LogP contribution is -2.42. The Morgan fingerprint density at radius 3 is 2.19 bits per heavy atom. The molecule has 1 aliphatic carbocycles. The van der Waals surface area contributed by atoms with E-state index in [1.807, 2.05) is 0 Å². The molecular formula is C24H29N3O4S. The molecule has 2 unspecified atom stereocenters. The fourth-order valence-corrected chi connectivity index (χ4v) is 5.94. The summed E-state index contributed by atoms with van der Waals surface area (Å²) in [6, 6.07) is 13.1. The minimum absolute atomic E-state index is 0.00673. The van der Waals surface area contributed by atoms with E-state index in [4.69, 9.17) is 0 Å². The Morgan fingerprint density at radius 2 is 1.53 bits per heavy atom. The third-order valence-electron chi connectivity index (χ3n) is 5.91. The van der Waals surface area contributed by atoms with Crippen LogP contribution in [0.2, 0.25) is 0 Å². The lowest BCUT2D eigenvalue weighted by atomic mass is 9.94. The first-order valence-electron chi connectivity index (χ1n) is 11.0. The second-order valence-corrected chi connectivity index (χ2v) is 11.0. The van der Waals surface area contributed by atoms with Crippen molar-refractivity contribution in [2.45, 2.75) is 38.0 Å². The maximum atomic E-state index is 13.2. The largest absolute Gasteiger partial charge is 0.326 e. The Bertz CT molecular complexity index is 1120. The van der Waals surface area contributed by atoms with Crippen LogP contribution in [-0.4, -0.2) is 37.6 Å². The molecule has 4 rings (SSSR count). The zero-order chi connectivity index (χ0) is 22.9. The Balaban J connectivity index is 1.48. The third kappa shape index (κ3) is 5.19. The summed E-state index contributed by atoms with van der Waals surface area (Å²) in [4.78, 5) is 24.9. The normalized spacial score (nSPS) is 21.7. The van der Waals surface area contributed by atoms with Crippen molar-refractivity contribution in [3.05, 3.63) is 54.1 Å². The molecule has 1 aliphatic heterocycles. The number of nitrogens with zero attached hydrogens (tertiary/aromatic N) is 1. The summed E-state index contributed by atoms with van der Waals surface area (Å²) in [6.45, 7) is 5.09. The van der Waals surface area contributed by atoms with Gasteiger partial charge in [-0.3, -0.25) is 9.59 Å². The first kappa shape index (κ1) is 22.5. The summed E-state index contributed by atoms with van der Waals surface area (Å²) in [7, 11) is -3.67. The number of benzene rings is 2. The Hall–Kier alpha value is -2.71. The first-order chi connectivity index (χ1) is 15.2. The Labute approximate surface area is 189 Å². The molecule has 1 heterocycles. The number of anilines is 2. The summed E-state index contributed by atoms with van der Waals surface area (Å²) in [6.07, 6.45) is 2.84. The Morgan fingerprint density at radius 1 is 0.906 bits per heavy atom. The van der Waals surface area contributed by atoms with Crippen molar-refractivity contribution < 1.29 is 18.0 Å². The molecule has 2 amide bonds. The van der Waals surface area contributed by atoms with Gasteiger partial charge in [-0.15, -0.1) is 0 Å². The molecule has 2 aliphatic rings. The SMILES string of the molecule is CC1CC(C)CN(S(=O)(=O)c2cccc(C(=O)Nc3cccc(NC(=O)C4CC4)c3)c2)C1. The number of carbonyl (C=O) groups excluding carboxylic acids is 2. The van der Waals surface area contributed by atoms with Gasteiger partial charge in [0.05, 0.1) is 4.90 Å². The molecule has 0 aromatic heterocycles. The van der Waals surface area contributed by atoms with Gasteiger partial charge in [0.25, 0.3) is 5.91 Å². The van der Waals surface area contributed by atoms with Crippen molar-refractivity contribution >= 4 is 33.2 Å². The lowest BCUT2D eigenvalue weighted by molar-refractivity contribution is -0.117. The van der Waals surface area contributed by atoms with Crippen LogP contribution in [0.1, 0.15) is 43.5 Å². The number of sulfonamides is 1. The molecule has 7 nitrogen and oxygen atoms in total. The number of amides is 2. The number of piperidine rings is 1. The standard InChI is InChI=1S/C24H29N3O4S/c1-16-11-17(2)15-27(14-16)32(30,31)22-8-3-5-19(12-22)24(29)26-21-7-4-6-20(13-21)25-23(28)18-9-10-18/h3-8,12-13,16-18H,9-11,14-15H2,1-2H3,(H,25,28)(H,26,29). The molecule has 0 bridgehead atoms. The fraction of sp³-hybridized carbons (Fsp3) is 0.417. The molecule has 2 N–H and O–H groups in total. The van der Waals surface area contributed by atoms with Crippen molar-refractivity contribution in [3.8, 4) is 0 Å².